The zero-order valence-corrected chi connectivity index (χ0v) is 13.4. The quantitative estimate of drug-likeness (QED) is 0.572. The lowest BCUT2D eigenvalue weighted by molar-refractivity contribution is 0.0931. The summed E-state index contributed by atoms with van der Waals surface area (Å²) in [5.74, 6) is 1.24. The van der Waals surface area contributed by atoms with Gasteiger partial charge in [0.05, 0.1) is 6.54 Å². The maximum atomic E-state index is 12.0. The first-order chi connectivity index (χ1) is 8.04. The highest BCUT2D eigenvalue weighted by Gasteiger charge is 2.13. The van der Waals surface area contributed by atoms with E-state index in [1.54, 1.807) is 0 Å². The second-order valence-corrected chi connectivity index (χ2v) is 6.31. The van der Waals surface area contributed by atoms with Crippen molar-refractivity contribution in [3.63, 3.8) is 0 Å². The monoisotopic (exact) mass is 363 g/mol. The first-order valence-electron chi connectivity index (χ1n) is 5.52. The highest BCUT2D eigenvalue weighted by atomic mass is 127. The van der Waals surface area contributed by atoms with Gasteiger partial charge >= 0.3 is 0 Å². The van der Waals surface area contributed by atoms with Gasteiger partial charge in [-0.15, -0.1) is 0 Å². The van der Waals surface area contributed by atoms with Gasteiger partial charge in [-0.25, -0.2) is 0 Å². The molecular formula is C13H18INOS. The summed E-state index contributed by atoms with van der Waals surface area (Å²) in [5.41, 5.74) is 0.800. The number of rotatable bonds is 6. The van der Waals surface area contributed by atoms with Crippen LogP contribution in [0.1, 0.15) is 17.3 Å². The Labute approximate surface area is 121 Å². The molecule has 0 saturated carbocycles. The van der Waals surface area contributed by atoms with E-state index < -0.39 is 0 Å². The van der Waals surface area contributed by atoms with Gasteiger partial charge in [-0.1, -0.05) is 12.1 Å². The van der Waals surface area contributed by atoms with Crippen LogP contribution in [-0.2, 0) is 0 Å². The van der Waals surface area contributed by atoms with Crippen LogP contribution in [0.5, 0.6) is 0 Å². The Bertz CT molecular complexity index is 366. The second-order valence-electron chi connectivity index (χ2n) is 4.15. The molecule has 4 heteroatoms. The fraction of sp³-hybridized carbons (Fsp3) is 0.462. The lowest BCUT2D eigenvalue weighted by atomic mass is 10.1. The maximum Gasteiger partial charge on any atom is 0.176 e. The molecule has 0 aromatic heterocycles. The molecule has 0 bridgehead atoms. The molecule has 17 heavy (non-hydrogen) atoms. The number of halogens is 1. The van der Waals surface area contributed by atoms with Crippen LogP contribution < -0.4 is 0 Å². The van der Waals surface area contributed by atoms with Crippen molar-refractivity contribution >= 4 is 40.1 Å². The molecule has 0 aliphatic carbocycles. The molecule has 0 aliphatic heterocycles. The van der Waals surface area contributed by atoms with Gasteiger partial charge in [-0.05, 0) is 55.0 Å². The topological polar surface area (TPSA) is 20.3 Å². The molecule has 0 N–H and O–H groups in total. The summed E-state index contributed by atoms with van der Waals surface area (Å²) < 4.78 is 1.16. The van der Waals surface area contributed by atoms with Gasteiger partial charge in [0, 0.05) is 20.9 Å². The van der Waals surface area contributed by atoms with Crippen LogP contribution in [0.15, 0.2) is 24.3 Å². The maximum absolute atomic E-state index is 12.0. The van der Waals surface area contributed by atoms with Crippen molar-refractivity contribution < 1.29 is 4.79 Å². The predicted octanol–water partition coefficient (Wildman–Crippen LogP) is 3.16. The van der Waals surface area contributed by atoms with E-state index in [2.05, 4.69) is 40.7 Å². The van der Waals surface area contributed by atoms with Crippen LogP contribution in [0.2, 0.25) is 0 Å². The Morgan fingerprint density at radius 1 is 1.41 bits per heavy atom. The Kier molecular flexibility index (Phi) is 6.51. The van der Waals surface area contributed by atoms with Crippen molar-refractivity contribution in [1.82, 2.24) is 4.90 Å². The molecule has 0 heterocycles. The van der Waals surface area contributed by atoms with E-state index in [0.717, 1.165) is 14.9 Å². The van der Waals surface area contributed by atoms with Gasteiger partial charge in [0.1, 0.15) is 0 Å². The number of carbonyl (C=O) groups is 1. The third-order valence-electron chi connectivity index (χ3n) is 2.72. The second kappa shape index (κ2) is 7.38. The number of thioether (sulfide) groups is 1. The highest BCUT2D eigenvalue weighted by molar-refractivity contribution is 14.1. The molecule has 94 valence electrons. The fourth-order valence-corrected chi connectivity index (χ4v) is 2.57. The fourth-order valence-electron chi connectivity index (χ4n) is 1.48. The van der Waals surface area contributed by atoms with Gasteiger partial charge in [0.2, 0.25) is 0 Å². The predicted molar refractivity (Wildman–Crippen MR) is 84.0 cm³/mol. The first-order valence-corrected chi connectivity index (χ1v) is 7.99. The SMILES string of the molecule is CSCC(C)N(C)CC(=O)c1ccc(I)cc1. The van der Waals surface area contributed by atoms with Crippen molar-refractivity contribution in [2.45, 2.75) is 13.0 Å². The molecule has 1 rings (SSSR count). The Hall–Kier alpha value is -0.0700. The molecule has 0 amide bonds. The summed E-state index contributed by atoms with van der Waals surface area (Å²) in [6, 6.07) is 8.17. The number of carbonyl (C=O) groups excluding carboxylic acids is 1. The molecule has 1 aromatic carbocycles. The van der Waals surface area contributed by atoms with Crippen molar-refractivity contribution in [3.05, 3.63) is 33.4 Å². The molecule has 2 nitrogen and oxygen atoms in total. The van der Waals surface area contributed by atoms with Crippen molar-refractivity contribution in [3.8, 4) is 0 Å². The largest absolute Gasteiger partial charge is 0.295 e. The minimum atomic E-state index is 0.192. The van der Waals surface area contributed by atoms with E-state index in [1.165, 1.54) is 0 Å². The molecule has 1 atom stereocenters. The molecule has 0 saturated heterocycles. The zero-order chi connectivity index (χ0) is 12.8. The smallest absolute Gasteiger partial charge is 0.176 e. The van der Waals surface area contributed by atoms with Crippen molar-refractivity contribution in [1.29, 1.82) is 0 Å². The lowest BCUT2D eigenvalue weighted by Gasteiger charge is -2.23. The zero-order valence-electron chi connectivity index (χ0n) is 10.4. The van der Waals surface area contributed by atoms with E-state index in [4.69, 9.17) is 0 Å². The molecular weight excluding hydrogens is 345 g/mol. The number of benzene rings is 1. The van der Waals surface area contributed by atoms with Crippen molar-refractivity contribution in [2.24, 2.45) is 0 Å². The molecule has 1 aromatic rings. The summed E-state index contributed by atoms with van der Waals surface area (Å²) in [4.78, 5) is 14.1. The van der Waals surface area contributed by atoms with Gasteiger partial charge in [0.15, 0.2) is 5.78 Å². The third kappa shape index (κ3) is 4.97. The number of hydrogen-bond acceptors (Lipinski definition) is 3. The van der Waals surface area contributed by atoms with E-state index in [9.17, 15) is 4.79 Å². The van der Waals surface area contributed by atoms with Crippen molar-refractivity contribution in [2.75, 3.05) is 25.6 Å². The third-order valence-corrected chi connectivity index (χ3v) is 4.25. The van der Waals surface area contributed by atoms with E-state index in [1.807, 2.05) is 43.1 Å². The van der Waals surface area contributed by atoms with Gasteiger partial charge in [-0.2, -0.15) is 11.8 Å². The summed E-state index contributed by atoms with van der Waals surface area (Å²) >= 11 is 4.05. The van der Waals surface area contributed by atoms with Gasteiger partial charge in [0.25, 0.3) is 0 Å². The van der Waals surface area contributed by atoms with Crippen LogP contribution in [0, 0.1) is 3.57 Å². The summed E-state index contributed by atoms with van der Waals surface area (Å²) in [5, 5.41) is 0. The Morgan fingerprint density at radius 2 is 2.00 bits per heavy atom. The number of hydrogen-bond donors (Lipinski definition) is 0. The van der Waals surface area contributed by atoms with Gasteiger partial charge < -0.3 is 0 Å². The standard InChI is InChI=1S/C13H18INOS/c1-10(9-17-3)15(2)8-13(16)11-4-6-12(14)7-5-11/h4-7,10H,8-9H2,1-3H3. The molecule has 0 radical (unpaired) electrons. The number of likely N-dealkylation sites (N-methyl/N-ethyl adjacent to an activating group) is 1. The van der Waals surface area contributed by atoms with Crippen LogP contribution in [-0.4, -0.2) is 42.3 Å². The average Bonchev–Trinajstić information content (AvgIpc) is 2.30. The molecule has 1 unspecified atom stereocenters. The average molecular weight is 363 g/mol. The minimum Gasteiger partial charge on any atom is -0.295 e. The summed E-state index contributed by atoms with van der Waals surface area (Å²) in [7, 11) is 2.01. The van der Waals surface area contributed by atoms with Crippen LogP contribution in [0.4, 0.5) is 0 Å². The number of Topliss-reactive ketones (excluding diaryl/α,β-unsaturated/α-hetero) is 1. The van der Waals surface area contributed by atoms with E-state index in [-0.39, 0.29) is 5.78 Å². The summed E-state index contributed by atoms with van der Waals surface area (Å²) in [6.45, 7) is 2.64. The van der Waals surface area contributed by atoms with Crippen LogP contribution >= 0.6 is 34.4 Å². The highest BCUT2D eigenvalue weighted by Crippen LogP contribution is 2.09. The van der Waals surface area contributed by atoms with E-state index >= 15 is 0 Å². The van der Waals surface area contributed by atoms with Crippen LogP contribution in [0.25, 0.3) is 0 Å². The lowest BCUT2D eigenvalue weighted by Crippen LogP contribution is -2.35. The Balaban J connectivity index is 2.57. The normalized spacial score (nSPS) is 12.8. The number of nitrogens with zero attached hydrogens (tertiary/aromatic N) is 1. The minimum absolute atomic E-state index is 0.192. The summed E-state index contributed by atoms with van der Waals surface area (Å²) in [6.07, 6.45) is 2.09. The first kappa shape index (κ1) is 15.0. The van der Waals surface area contributed by atoms with E-state index in [0.29, 0.717) is 12.6 Å². The molecule has 0 fully saturated rings. The molecule has 0 aliphatic rings. The molecule has 0 spiro atoms. The van der Waals surface area contributed by atoms with Gasteiger partial charge in [-0.3, -0.25) is 9.69 Å². The Morgan fingerprint density at radius 3 is 2.53 bits per heavy atom. The van der Waals surface area contributed by atoms with Crippen LogP contribution in [0.3, 0.4) is 0 Å². The number of ketones is 1.